The summed E-state index contributed by atoms with van der Waals surface area (Å²) in [6, 6.07) is 12.5. The smallest absolute Gasteiger partial charge is 0.229 e. The fraction of sp³-hybridized carbons (Fsp3) is 0.273. The Labute approximate surface area is 184 Å². The molecule has 3 aromatic rings. The first-order valence-corrected chi connectivity index (χ1v) is 10.3. The molecule has 1 atom stereocenters. The van der Waals surface area contributed by atoms with Crippen molar-refractivity contribution in [2.45, 2.75) is 19.9 Å². The van der Waals surface area contributed by atoms with E-state index in [1.807, 2.05) is 35.8 Å². The minimum absolute atomic E-state index is 0.116. The van der Waals surface area contributed by atoms with Crippen LogP contribution in [0.15, 0.2) is 48.8 Å². The second-order valence-corrected chi connectivity index (χ2v) is 7.67. The van der Waals surface area contributed by atoms with Gasteiger partial charge in [0.1, 0.15) is 12.1 Å². The molecule has 1 aromatic heterocycles. The van der Waals surface area contributed by atoms with Gasteiger partial charge in [-0.15, -0.1) is 10.2 Å². The van der Waals surface area contributed by atoms with Gasteiger partial charge in [0.25, 0.3) is 0 Å². The van der Waals surface area contributed by atoms with Gasteiger partial charge < -0.3 is 19.5 Å². The van der Waals surface area contributed by atoms with Crippen molar-refractivity contribution in [3.63, 3.8) is 0 Å². The highest BCUT2D eigenvalue weighted by atomic mass is 35.5. The molecule has 0 bridgehead atoms. The summed E-state index contributed by atoms with van der Waals surface area (Å²) in [7, 11) is 1.53. The van der Waals surface area contributed by atoms with E-state index in [9.17, 15) is 9.59 Å². The maximum atomic E-state index is 12.9. The van der Waals surface area contributed by atoms with Crippen molar-refractivity contribution in [3.05, 3.63) is 53.8 Å². The Hall–Kier alpha value is -3.39. The molecule has 0 radical (unpaired) electrons. The number of carbonyl (C=O) groups is 2. The van der Waals surface area contributed by atoms with Crippen LogP contribution in [0.5, 0.6) is 5.75 Å². The van der Waals surface area contributed by atoms with Crippen LogP contribution in [0.25, 0.3) is 11.4 Å². The number of hydrogen-bond acceptors (Lipinski definition) is 5. The van der Waals surface area contributed by atoms with Crippen LogP contribution in [0.1, 0.15) is 13.3 Å². The maximum absolute atomic E-state index is 12.9. The van der Waals surface area contributed by atoms with Gasteiger partial charge in [0.05, 0.1) is 18.7 Å². The lowest BCUT2D eigenvalue weighted by Crippen LogP contribution is -2.28. The molecular formula is C22H22ClN5O3. The lowest BCUT2D eigenvalue weighted by Gasteiger charge is -2.20. The number of halogens is 1. The summed E-state index contributed by atoms with van der Waals surface area (Å²) in [5, 5.41) is 11.5. The van der Waals surface area contributed by atoms with E-state index in [1.54, 1.807) is 29.4 Å². The number of methoxy groups -OCH3 is 1. The summed E-state index contributed by atoms with van der Waals surface area (Å²) in [4.78, 5) is 27.1. The van der Waals surface area contributed by atoms with Gasteiger partial charge in [0.15, 0.2) is 5.82 Å². The van der Waals surface area contributed by atoms with E-state index in [0.29, 0.717) is 22.1 Å². The summed E-state index contributed by atoms with van der Waals surface area (Å²) in [5.41, 5.74) is 2.06. The monoisotopic (exact) mass is 439 g/mol. The van der Waals surface area contributed by atoms with E-state index < -0.39 is 5.92 Å². The summed E-state index contributed by atoms with van der Waals surface area (Å²) in [5.74, 6) is 0.413. The third kappa shape index (κ3) is 4.25. The topological polar surface area (TPSA) is 89.3 Å². The number of ether oxygens (including phenoxy) is 1. The first-order chi connectivity index (χ1) is 15.0. The third-order valence-electron chi connectivity index (χ3n) is 5.27. The molecule has 0 spiro atoms. The number of anilines is 2. The third-order valence-corrected chi connectivity index (χ3v) is 5.51. The number of nitrogens with zero attached hydrogens (tertiary/aromatic N) is 4. The molecular weight excluding hydrogens is 418 g/mol. The summed E-state index contributed by atoms with van der Waals surface area (Å²) < 4.78 is 7.28. The molecule has 1 aliphatic rings. The van der Waals surface area contributed by atoms with Crippen molar-refractivity contribution < 1.29 is 14.3 Å². The fourth-order valence-electron chi connectivity index (χ4n) is 3.68. The van der Waals surface area contributed by atoms with Crippen LogP contribution >= 0.6 is 11.6 Å². The number of benzene rings is 2. The summed E-state index contributed by atoms with van der Waals surface area (Å²) in [6.07, 6.45) is 1.79. The highest BCUT2D eigenvalue weighted by molar-refractivity contribution is 6.31. The van der Waals surface area contributed by atoms with E-state index >= 15 is 0 Å². The van der Waals surface area contributed by atoms with Crippen LogP contribution in [0, 0.1) is 5.92 Å². The number of hydrogen-bond donors (Lipinski definition) is 1. The Kier molecular flexibility index (Phi) is 5.90. The second kappa shape index (κ2) is 8.77. The highest BCUT2D eigenvalue weighted by Gasteiger charge is 2.36. The molecule has 2 aromatic carbocycles. The molecule has 0 saturated carbocycles. The molecule has 31 heavy (non-hydrogen) atoms. The quantitative estimate of drug-likeness (QED) is 0.633. The predicted octanol–water partition coefficient (Wildman–Crippen LogP) is 3.62. The van der Waals surface area contributed by atoms with Crippen LogP contribution in [-0.2, 0) is 16.1 Å². The molecule has 1 unspecified atom stereocenters. The molecule has 160 valence electrons. The van der Waals surface area contributed by atoms with Crippen molar-refractivity contribution in [2.75, 3.05) is 23.9 Å². The fourth-order valence-corrected chi connectivity index (χ4v) is 3.85. The van der Waals surface area contributed by atoms with Crippen LogP contribution < -0.4 is 15.0 Å². The molecule has 2 heterocycles. The zero-order valence-corrected chi connectivity index (χ0v) is 18.0. The average molecular weight is 440 g/mol. The Morgan fingerprint density at radius 1 is 1.29 bits per heavy atom. The van der Waals surface area contributed by atoms with E-state index in [1.165, 1.54) is 7.11 Å². The molecule has 4 rings (SSSR count). The lowest BCUT2D eigenvalue weighted by molar-refractivity contribution is -0.122. The van der Waals surface area contributed by atoms with Gasteiger partial charge in [-0.3, -0.25) is 9.59 Å². The molecule has 9 heteroatoms. The molecule has 8 nitrogen and oxygen atoms in total. The summed E-state index contributed by atoms with van der Waals surface area (Å²) >= 11 is 6.10. The van der Waals surface area contributed by atoms with Crippen LogP contribution in [-0.4, -0.2) is 40.2 Å². The van der Waals surface area contributed by atoms with Gasteiger partial charge in [-0.05, 0) is 37.3 Å². The van der Waals surface area contributed by atoms with Crippen molar-refractivity contribution in [3.8, 4) is 17.1 Å². The Morgan fingerprint density at radius 3 is 2.90 bits per heavy atom. The van der Waals surface area contributed by atoms with Crippen molar-refractivity contribution >= 4 is 34.8 Å². The zero-order chi connectivity index (χ0) is 22.0. The Morgan fingerprint density at radius 2 is 2.13 bits per heavy atom. The minimum atomic E-state index is -0.487. The van der Waals surface area contributed by atoms with Crippen LogP contribution in [0.4, 0.5) is 11.4 Å². The van der Waals surface area contributed by atoms with Crippen molar-refractivity contribution in [1.82, 2.24) is 14.8 Å². The largest absolute Gasteiger partial charge is 0.495 e. The average Bonchev–Trinajstić information content (AvgIpc) is 3.40. The zero-order valence-electron chi connectivity index (χ0n) is 17.2. The van der Waals surface area contributed by atoms with Gasteiger partial charge >= 0.3 is 0 Å². The SMILES string of the molecule is CCn1cnnc1-c1cccc(NC(=O)C2CC(=O)N(c3cc(Cl)ccc3OC)C2)c1. The molecule has 1 N–H and O–H groups in total. The first kappa shape index (κ1) is 20.9. The van der Waals surface area contributed by atoms with Crippen LogP contribution in [0.3, 0.4) is 0 Å². The second-order valence-electron chi connectivity index (χ2n) is 7.23. The number of amides is 2. The number of aryl methyl sites for hydroxylation is 1. The Bertz CT molecular complexity index is 1130. The highest BCUT2D eigenvalue weighted by Crippen LogP contribution is 2.35. The van der Waals surface area contributed by atoms with Crippen LogP contribution in [0.2, 0.25) is 5.02 Å². The minimum Gasteiger partial charge on any atom is -0.495 e. The van der Waals surface area contributed by atoms with Gasteiger partial charge in [-0.1, -0.05) is 23.7 Å². The van der Waals surface area contributed by atoms with Gasteiger partial charge in [0.2, 0.25) is 11.8 Å². The summed E-state index contributed by atoms with van der Waals surface area (Å²) in [6.45, 7) is 3.01. The lowest BCUT2D eigenvalue weighted by atomic mass is 10.1. The van der Waals surface area contributed by atoms with E-state index in [-0.39, 0.29) is 24.8 Å². The Balaban J connectivity index is 1.50. The molecule has 1 aliphatic heterocycles. The van der Waals surface area contributed by atoms with Crippen molar-refractivity contribution in [1.29, 1.82) is 0 Å². The van der Waals surface area contributed by atoms with E-state index in [4.69, 9.17) is 16.3 Å². The molecule has 1 fully saturated rings. The molecule has 1 saturated heterocycles. The van der Waals surface area contributed by atoms with Gasteiger partial charge in [0, 0.05) is 35.8 Å². The number of aromatic nitrogens is 3. The maximum Gasteiger partial charge on any atom is 0.229 e. The van der Waals surface area contributed by atoms with E-state index in [0.717, 1.165) is 17.9 Å². The van der Waals surface area contributed by atoms with E-state index in [2.05, 4.69) is 15.5 Å². The normalized spacial score (nSPS) is 15.9. The van der Waals surface area contributed by atoms with Gasteiger partial charge in [-0.25, -0.2) is 0 Å². The standard InChI is InChI=1S/C22H22ClN5O3/c1-3-27-13-24-26-21(27)14-5-4-6-17(9-14)25-22(30)15-10-20(29)28(12-15)18-11-16(23)7-8-19(18)31-2/h4-9,11,13,15H,3,10,12H2,1-2H3,(H,25,30). The number of carbonyl (C=O) groups excluding carboxylic acids is 2. The number of rotatable bonds is 6. The molecule has 2 amide bonds. The predicted molar refractivity (Wildman–Crippen MR) is 118 cm³/mol. The van der Waals surface area contributed by atoms with Crippen molar-refractivity contribution in [2.24, 2.45) is 5.92 Å². The number of nitrogens with one attached hydrogen (secondary N) is 1. The molecule has 0 aliphatic carbocycles. The first-order valence-electron chi connectivity index (χ1n) is 9.93. The van der Waals surface area contributed by atoms with Gasteiger partial charge in [-0.2, -0.15) is 0 Å².